The molecule has 0 aromatic heterocycles. The molecule has 126 valence electrons. The molecule has 1 aromatic carbocycles. The lowest BCUT2D eigenvalue weighted by Crippen LogP contribution is -2.25. The van der Waals surface area contributed by atoms with Crippen molar-refractivity contribution in [2.24, 2.45) is 11.8 Å². The smallest absolute Gasteiger partial charge is 0.314 e. The van der Waals surface area contributed by atoms with Crippen molar-refractivity contribution in [3.63, 3.8) is 0 Å². The fourth-order valence-electron chi connectivity index (χ4n) is 3.08. The molecule has 0 aliphatic heterocycles. The minimum Gasteiger partial charge on any atom is -0.426 e. The van der Waals surface area contributed by atoms with Crippen molar-refractivity contribution < 1.29 is 9.53 Å². The van der Waals surface area contributed by atoms with Crippen LogP contribution in [0.4, 0.5) is 0 Å². The quantitative estimate of drug-likeness (QED) is 0.321. The number of hydrogen-bond acceptors (Lipinski definition) is 3. The van der Waals surface area contributed by atoms with Gasteiger partial charge >= 0.3 is 5.97 Å². The number of esters is 1. The summed E-state index contributed by atoms with van der Waals surface area (Å²) in [4.78, 5) is 12.3. The molecule has 1 aliphatic rings. The molecule has 0 spiro atoms. The Balaban J connectivity index is 1.79. The lowest BCUT2D eigenvalue weighted by atomic mass is 9.82. The van der Waals surface area contributed by atoms with Crippen LogP contribution in [0.2, 0.25) is 0 Å². The van der Waals surface area contributed by atoms with Crippen molar-refractivity contribution >= 4 is 5.97 Å². The van der Waals surface area contributed by atoms with Crippen molar-refractivity contribution in [1.82, 2.24) is 0 Å². The molecule has 1 aromatic rings. The maximum Gasteiger partial charge on any atom is 0.314 e. The zero-order valence-electron chi connectivity index (χ0n) is 14.3. The molecule has 0 amide bonds. The van der Waals surface area contributed by atoms with Gasteiger partial charge in [0.15, 0.2) is 0 Å². The molecule has 3 nitrogen and oxygen atoms in total. The molecule has 2 rings (SSSR count). The molecule has 0 heterocycles. The lowest BCUT2D eigenvalue weighted by Gasteiger charge is -2.25. The number of nitriles is 1. The standard InChI is InChI=1S/C21H25NO2/c1-2-6-17-10-14-20(15-11-17)24-21(23)19-12-8-18(9-13-19)7-4-3-5-16-22/h3-5,7,10-11,14-15,18-19H,2,6,8-9,12-13H2,1H3. The first kappa shape index (κ1) is 18.0. The van der Waals surface area contributed by atoms with Gasteiger partial charge in [-0.15, -0.1) is 0 Å². The van der Waals surface area contributed by atoms with Crippen LogP contribution in [0.25, 0.3) is 0 Å². The maximum atomic E-state index is 12.3. The zero-order valence-corrected chi connectivity index (χ0v) is 14.3. The first-order valence-electron chi connectivity index (χ1n) is 8.76. The number of aryl methyl sites for hydroxylation is 1. The minimum absolute atomic E-state index is 0.000353. The number of ether oxygens (including phenoxy) is 1. The van der Waals surface area contributed by atoms with Gasteiger partial charge in [0, 0.05) is 6.08 Å². The Morgan fingerprint density at radius 3 is 2.54 bits per heavy atom. The average Bonchev–Trinajstić information content (AvgIpc) is 2.61. The second-order valence-corrected chi connectivity index (χ2v) is 6.30. The predicted octanol–water partition coefficient (Wildman–Crippen LogP) is 4.99. The van der Waals surface area contributed by atoms with Gasteiger partial charge in [-0.2, -0.15) is 5.26 Å². The molecule has 0 N–H and O–H groups in total. The molecular formula is C21H25NO2. The normalized spacial score (nSPS) is 21.0. The van der Waals surface area contributed by atoms with Gasteiger partial charge in [-0.3, -0.25) is 4.79 Å². The Bertz CT molecular complexity index is 614. The van der Waals surface area contributed by atoms with Crippen LogP contribution in [0, 0.1) is 23.2 Å². The van der Waals surface area contributed by atoms with Crippen LogP contribution in [0.15, 0.2) is 48.6 Å². The van der Waals surface area contributed by atoms with Gasteiger partial charge in [0.05, 0.1) is 12.0 Å². The number of nitrogens with zero attached hydrogens (tertiary/aromatic N) is 1. The van der Waals surface area contributed by atoms with Crippen molar-refractivity contribution in [2.75, 3.05) is 0 Å². The van der Waals surface area contributed by atoms with Crippen LogP contribution in [-0.2, 0) is 11.2 Å². The second kappa shape index (κ2) is 9.72. The number of rotatable bonds is 6. The molecule has 24 heavy (non-hydrogen) atoms. The number of carbonyl (C=O) groups is 1. The molecule has 0 unspecified atom stereocenters. The summed E-state index contributed by atoms with van der Waals surface area (Å²) in [5, 5.41) is 8.44. The highest BCUT2D eigenvalue weighted by atomic mass is 16.5. The van der Waals surface area contributed by atoms with E-state index in [1.807, 2.05) is 36.4 Å². The monoisotopic (exact) mass is 323 g/mol. The number of hydrogen-bond donors (Lipinski definition) is 0. The summed E-state index contributed by atoms with van der Waals surface area (Å²) in [6.45, 7) is 2.15. The first-order chi connectivity index (χ1) is 11.7. The van der Waals surface area contributed by atoms with Crippen molar-refractivity contribution in [3.8, 4) is 11.8 Å². The Kier molecular flexibility index (Phi) is 7.29. The summed E-state index contributed by atoms with van der Waals surface area (Å²) >= 11 is 0. The third-order valence-electron chi connectivity index (χ3n) is 4.45. The predicted molar refractivity (Wildman–Crippen MR) is 95.4 cm³/mol. The SMILES string of the molecule is CCCc1ccc(OC(=O)C2CCC(C=CC=CC#N)CC2)cc1. The third kappa shape index (κ3) is 5.70. The van der Waals surface area contributed by atoms with Crippen LogP contribution in [0.5, 0.6) is 5.75 Å². The van der Waals surface area contributed by atoms with E-state index >= 15 is 0 Å². The van der Waals surface area contributed by atoms with E-state index in [1.54, 1.807) is 6.08 Å². The number of benzene rings is 1. The largest absolute Gasteiger partial charge is 0.426 e. The van der Waals surface area contributed by atoms with Gasteiger partial charge < -0.3 is 4.74 Å². The summed E-state index contributed by atoms with van der Waals surface area (Å²) in [6.07, 6.45) is 13.1. The Morgan fingerprint density at radius 2 is 1.92 bits per heavy atom. The van der Waals surface area contributed by atoms with Gasteiger partial charge in [-0.25, -0.2) is 0 Å². The summed E-state index contributed by atoms with van der Waals surface area (Å²) in [5.41, 5.74) is 1.27. The fourth-order valence-corrected chi connectivity index (χ4v) is 3.08. The summed E-state index contributed by atoms with van der Waals surface area (Å²) < 4.78 is 5.53. The van der Waals surface area contributed by atoms with Crippen molar-refractivity contribution in [1.29, 1.82) is 5.26 Å². The van der Waals surface area contributed by atoms with Crippen LogP contribution in [-0.4, -0.2) is 5.97 Å². The van der Waals surface area contributed by atoms with E-state index in [9.17, 15) is 4.79 Å². The van der Waals surface area contributed by atoms with E-state index in [4.69, 9.17) is 10.00 Å². The van der Waals surface area contributed by atoms with Gasteiger partial charge in [0.25, 0.3) is 0 Å². The van der Waals surface area contributed by atoms with Gasteiger partial charge in [0.2, 0.25) is 0 Å². The average molecular weight is 323 g/mol. The van der Waals surface area contributed by atoms with Crippen molar-refractivity contribution in [2.45, 2.75) is 45.4 Å². The molecule has 1 aliphatic carbocycles. The number of allylic oxidation sites excluding steroid dienone is 4. The molecule has 0 atom stereocenters. The van der Waals surface area contributed by atoms with Gasteiger partial charge in [-0.05, 0) is 55.7 Å². The molecule has 0 saturated heterocycles. The highest BCUT2D eigenvalue weighted by Gasteiger charge is 2.26. The molecule has 3 heteroatoms. The molecular weight excluding hydrogens is 298 g/mol. The van der Waals surface area contributed by atoms with Crippen LogP contribution < -0.4 is 4.74 Å². The maximum absolute atomic E-state index is 12.3. The Labute approximate surface area is 144 Å². The Hall–Kier alpha value is -2.34. The van der Waals surface area contributed by atoms with Gasteiger partial charge in [-0.1, -0.05) is 43.7 Å². The topological polar surface area (TPSA) is 50.1 Å². The lowest BCUT2D eigenvalue weighted by molar-refractivity contribution is -0.140. The van der Waals surface area contributed by atoms with E-state index in [0.717, 1.165) is 38.5 Å². The third-order valence-corrected chi connectivity index (χ3v) is 4.45. The zero-order chi connectivity index (χ0) is 17.2. The number of carbonyl (C=O) groups excluding carboxylic acids is 1. The van der Waals surface area contributed by atoms with Crippen LogP contribution >= 0.6 is 0 Å². The minimum atomic E-state index is -0.106. The molecule has 1 fully saturated rings. The van der Waals surface area contributed by atoms with E-state index in [-0.39, 0.29) is 11.9 Å². The first-order valence-corrected chi connectivity index (χ1v) is 8.76. The van der Waals surface area contributed by atoms with E-state index in [0.29, 0.717) is 11.7 Å². The highest BCUT2D eigenvalue weighted by molar-refractivity contribution is 5.75. The highest BCUT2D eigenvalue weighted by Crippen LogP contribution is 2.31. The summed E-state index contributed by atoms with van der Waals surface area (Å²) in [5.74, 6) is 1.03. The van der Waals surface area contributed by atoms with Crippen LogP contribution in [0.1, 0.15) is 44.6 Å². The molecule has 0 bridgehead atoms. The van der Waals surface area contributed by atoms with E-state index < -0.39 is 0 Å². The summed E-state index contributed by atoms with van der Waals surface area (Å²) in [7, 11) is 0. The van der Waals surface area contributed by atoms with Crippen LogP contribution in [0.3, 0.4) is 0 Å². The molecule has 1 saturated carbocycles. The second-order valence-electron chi connectivity index (χ2n) is 6.30. The Morgan fingerprint density at radius 1 is 1.21 bits per heavy atom. The fraction of sp³-hybridized carbons (Fsp3) is 0.429. The van der Waals surface area contributed by atoms with E-state index in [1.165, 1.54) is 11.6 Å². The van der Waals surface area contributed by atoms with E-state index in [2.05, 4.69) is 13.0 Å². The van der Waals surface area contributed by atoms with Gasteiger partial charge in [0.1, 0.15) is 5.75 Å². The summed E-state index contributed by atoms with van der Waals surface area (Å²) in [6, 6.07) is 9.80. The van der Waals surface area contributed by atoms with Crippen molar-refractivity contribution in [3.05, 3.63) is 54.1 Å². The molecule has 0 radical (unpaired) electrons.